The first-order valence-electron chi connectivity index (χ1n) is 4.64. The molecule has 2 rings (SSSR count). The third kappa shape index (κ3) is 1.13. The van der Waals surface area contributed by atoms with E-state index < -0.39 is 0 Å². The number of hydrogen-bond acceptors (Lipinski definition) is 1. The Balaban J connectivity index is 2.85. The Morgan fingerprint density at radius 2 is 2.15 bits per heavy atom. The molecule has 0 bridgehead atoms. The first-order chi connectivity index (χ1) is 6.24. The molecule has 0 aliphatic rings. The van der Waals surface area contributed by atoms with E-state index in [9.17, 15) is 0 Å². The van der Waals surface area contributed by atoms with Crippen molar-refractivity contribution >= 4 is 10.9 Å². The summed E-state index contributed by atoms with van der Waals surface area (Å²) in [5, 5.41) is 5.56. The van der Waals surface area contributed by atoms with Crippen molar-refractivity contribution in [3.8, 4) is 0 Å². The van der Waals surface area contributed by atoms with Gasteiger partial charge in [0.25, 0.3) is 0 Å². The molecular weight excluding hydrogens is 160 g/mol. The highest BCUT2D eigenvalue weighted by Crippen LogP contribution is 2.21. The molecule has 0 aliphatic heterocycles. The van der Waals surface area contributed by atoms with Crippen molar-refractivity contribution in [2.45, 2.75) is 20.3 Å². The van der Waals surface area contributed by atoms with E-state index in [1.165, 1.54) is 22.0 Å². The predicted octanol–water partition coefficient (Wildman–Crippen LogP) is 2.44. The molecule has 0 aliphatic carbocycles. The molecule has 0 radical (unpaired) electrons. The average molecular weight is 174 g/mol. The lowest BCUT2D eigenvalue weighted by Gasteiger charge is -2.04. The lowest BCUT2D eigenvalue weighted by Crippen LogP contribution is -1.91. The quantitative estimate of drug-likeness (QED) is 0.649. The van der Waals surface area contributed by atoms with Gasteiger partial charge in [-0.05, 0) is 30.5 Å². The van der Waals surface area contributed by atoms with E-state index in [1.54, 1.807) is 0 Å². The monoisotopic (exact) mass is 174 g/mol. The normalized spacial score (nSPS) is 11.0. The number of rotatable bonds is 1. The van der Waals surface area contributed by atoms with E-state index in [0.717, 1.165) is 6.42 Å². The highest BCUT2D eigenvalue weighted by molar-refractivity contribution is 5.83. The summed E-state index contributed by atoms with van der Waals surface area (Å²) in [6, 6.07) is 4.31. The molecule has 1 aromatic heterocycles. The smallest absolute Gasteiger partial charge is 0.0682 e. The highest BCUT2D eigenvalue weighted by Gasteiger charge is 2.05. The molecule has 0 saturated carbocycles. The molecule has 0 spiro atoms. The van der Waals surface area contributed by atoms with Crippen molar-refractivity contribution in [3.05, 3.63) is 29.5 Å². The highest BCUT2D eigenvalue weighted by atomic mass is 15.2. The maximum atomic E-state index is 4.26. The zero-order valence-electron chi connectivity index (χ0n) is 8.33. The van der Waals surface area contributed by atoms with Crippen molar-refractivity contribution < 1.29 is 0 Å². The van der Waals surface area contributed by atoms with Crippen LogP contribution in [-0.2, 0) is 13.5 Å². The Labute approximate surface area is 78.2 Å². The molecule has 2 aromatic rings. The zero-order chi connectivity index (χ0) is 9.42. The van der Waals surface area contributed by atoms with Gasteiger partial charge in [-0.1, -0.05) is 13.0 Å². The molecule has 2 nitrogen and oxygen atoms in total. The summed E-state index contributed by atoms with van der Waals surface area (Å²) in [6.07, 6.45) is 3.04. The number of hydrogen-bond donors (Lipinski definition) is 0. The van der Waals surface area contributed by atoms with Crippen LogP contribution in [0.1, 0.15) is 18.1 Å². The lowest BCUT2D eigenvalue weighted by atomic mass is 10.0. The van der Waals surface area contributed by atoms with Crippen LogP contribution in [0.4, 0.5) is 0 Å². The van der Waals surface area contributed by atoms with Crippen molar-refractivity contribution in [3.63, 3.8) is 0 Å². The molecule has 68 valence electrons. The zero-order valence-corrected chi connectivity index (χ0v) is 8.33. The number of fused-ring (bicyclic) bond motifs is 1. The fourth-order valence-electron chi connectivity index (χ4n) is 1.86. The summed E-state index contributed by atoms with van der Waals surface area (Å²) in [6.45, 7) is 4.35. The van der Waals surface area contributed by atoms with Crippen molar-refractivity contribution in [1.29, 1.82) is 0 Å². The Bertz CT molecular complexity index is 441. The predicted molar refractivity (Wildman–Crippen MR) is 54.8 cm³/mol. The minimum absolute atomic E-state index is 1.08. The Hall–Kier alpha value is -1.31. The van der Waals surface area contributed by atoms with E-state index in [-0.39, 0.29) is 0 Å². The number of aryl methyl sites for hydroxylation is 3. The third-order valence-corrected chi connectivity index (χ3v) is 2.63. The van der Waals surface area contributed by atoms with Gasteiger partial charge in [0.05, 0.1) is 11.7 Å². The molecule has 0 atom stereocenters. The van der Waals surface area contributed by atoms with Crippen LogP contribution in [0.3, 0.4) is 0 Å². The van der Waals surface area contributed by atoms with Crippen molar-refractivity contribution in [2.24, 2.45) is 7.05 Å². The van der Waals surface area contributed by atoms with Gasteiger partial charge >= 0.3 is 0 Å². The number of benzene rings is 1. The van der Waals surface area contributed by atoms with Gasteiger partial charge in [0.2, 0.25) is 0 Å². The first-order valence-corrected chi connectivity index (χ1v) is 4.64. The summed E-state index contributed by atoms with van der Waals surface area (Å²) >= 11 is 0. The summed E-state index contributed by atoms with van der Waals surface area (Å²) < 4.78 is 1.92. The van der Waals surface area contributed by atoms with Gasteiger partial charge in [0.15, 0.2) is 0 Å². The van der Waals surface area contributed by atoms with Crippen LogP contribution >= 0.6 is 0 Å². The second-order valence-electron chi connectivity index (χ2n) is 3.42. The van der Waals surface area contributed by atoms with Crippen LogP contribution < -0.4 is 0 Å². The van der Waals surface area contributed by atoms with E-state index >= 15 is 0 Å². The summed E-state index contributed by atoms with van der Waals surface area (Å²) in [5.41, 5.74) is 4.01. The van der Waals surface area contributed by atoms with Gasteiger partial charge in [0.1, 0.15) is 0 Å². The Morgan fingerprint density at radius 3 is 2.85 bits per heavy atom. The van der Waals surface area contributed by atoms with Gasteiger partial charge in [-0.15, -0.1) is 0 Å². The van der Waals surface area contributed by atoms with Crippen LogP contribution in [0.25, 0.3) is 10.9 Å². The SMILES string of the molecule is CCc1c(C)ccc2c1cnn2C. The topological polar surface area (TPSA) is 17.8 Å². The molecule has 1 heterocycles. The van der Waals surface area contributed by atoms with Crippen molar-refractivity contribution in [2.75, 3.05) is 0 Å². The molecule has 2 heteroatoms. The minimum atomic E-state index is 1.08. The summed E-state index contributed by atoms with van der Waals surface area (Å²) in [5.74, 6) is 0. The van der Waals surface area contributed by atoms with Gasteiger partial charge in [-0.2, -0.15) is 5.10 Å². The van der Waals surface area contributed by atoms with E-state index in [4.69, 9.17) is 0 Å². The number of aromatic nitrogens is 2. The molecule has 0 saturated heterocycles. The molecular formula is C11H14N2. The average Bonchev–Trinajstić information content (AvgIpc) is 2.48. The van der Waals surface area contributed by atoms with E-state index in [0.29, 0.717) is 0 Å². The van der Waals surface area contributed by atoms with Crippen LogP contribution in [0, 0.1) is 6.92 Å². The second kappa shape index (κ2) is 2.87. The molecule has 13 heavy (non-hydrogen) atoms. The van der Waals surface area contributed by atoms with Gasteiger partial charge < -0.3 is 0 Å². The lowest BCUT2D eigenvalue weighted by molar-refractivity contribution is 0.797. The molecule has 0 N–H and O–H groups in total. The van der Waals surface area contributed by atoms with E-state index in [1.807, 2.05) is 17.9 Å². The Morgan fingerprint density at radius 1 is 1.38 bits per heavy atom. The van der Waals surface area contributed by atoms with Crippen LogP contribution in [0.2, 0.25) is 0 Å². The fourth-order valence-corrected chi connectivity index (χ4v) is 1.86. The molecule has 0 fully saturated rings. The second-order valence-corrected chi connectivity index (χ2v) is 3.42. The first kappa shape index (κ1) is 8.30. The Kier molecular flexibility index (Phi) is 1.83. The largest absolute Gasteiger partial charge is 0.268 e. The van der Waals surface area contributed by atoms with Crippen molar-refractivity contribution in [1.82, 2.24) is 9.78 Å². The van der Waals surface area contributed by atoms with Gasteiger partial charge in [-0.3, -0.25) is 4.68 Å². The molecule has 0 unspecified atom stereocenters. The van der Waals surface area contributed by atoms with Gasteiger partial charge in [0, 0.05) is 12.4 Å². The maximum absolute atomic E-state index is 4.26. The third-order valence-electron chi connectivity index (χ3n) is 2.63. The summed E-state index contributed by atoms with van der Waals surface area (Å²) in [7, 11) is 1.98. The standard InChI is InChI=1S/C11H14N2/c1-4-9-8(2)5-6-11-10(9)7-12-13(11)3/h5-7H,4H2,1-3H3. The molecule has 0 amide bonds. The van der Waals surface area contributed by atoms with Gasteiger partial charge in [-0.25, -0.2) is 0 Å². The van der Waals surface area contributed by atoms with Crippen LogP contribution in [0.5, 0.6) is 0 Å². The van der Waals surface area contributed by atoms with Crippen LogP contribution in [0.15, 0.2) is 18.3 Å². The van der Waals surface area contributed by atoms with Crippen LogP contribution in [-0.4, -0.2) is 9.78 Å². The van der Waals surface area contributed by atoms with E-state index in [2.05, 4.69) is 31.1 Å². The minimum Gasteiger partial charge on any atom is -0.268 e. The fraction of sp³-hybridized carbons (Fsp3) is 0.364. The molecule has 1 aromatic carbocycles. The summed E-state index contributed by atoms with van der Waals surface area (Å²) in [4.78, 5) is 0. The maximum Gasteiger partial charge on any atom is 0.0682 e. The number of nitrogens with zero attached hydrogens (tertiary/aromatic N) is 2.